The van der Waals surface area contributed by atoms with Gasteiger partial charge in [-0.25, -0.2) is 0 Å². The summed E-state index contributed by atoms with van der Waals surface area (Å²) >= 11 is 0. The van der Waals surface area contributed by atoms with Gasteiger partial charge in [0, 0.05) is 13.5 Å². The van der Waals surface area contributed by atoms with Crippen LogP contribution in [0.15, 0.2) is 69.7 Å². The van der Waals surface area contributed by atoms with Crippen LogP contribution in [0.25, 0.3) is 0 Å². The molecule has 0 bridgehead atoms. The fourth-order valence-electron chi connectivity index (χ4n) is 2.83. The number of hydrogen-bond acceptors (Lipinski definition) is 4. The molecule has 0 saturated carbocycles. The van der Waals surface area contributed by atoms with Gasteiger partial charge in [0.05, 0.1) is 12.8 Å². The number of aryl methyl sites for hydroxylation is 1. The molecule has 140 valence electrons. The van der Waals surface area contributed by atoms with Gasteiger partial charge in [-0.3, -0.25) is 9.59 Å². The van der Waals surface area contributed by atoms with Gasteiger partial charge >= 0.3 is 0 Å². The van der Waals surface area contributed by atoms with Crippen molar-refractivity contribution < 1.29 is 18.4 Å². The summed E-state index contributed by atoms with van der Waals surface area (Å²) in [6.07, 6.45) is 1.81. The maximum Gasteiger partial charge on any atom is 0.287 e. The molecule has 1 N–H and O–H groups in total. The Morgan fingerprint density at radius 3 is 2.48 bits per heavy atom. The van der Waals surface area contributed by atoms with Crippen LogP contribution < -0.4 is 5.32 Å². The average molecular weight is 366 g/mol. The molecule has 2 heterocycles. The molecule has 0 saturated heterocycles. The number of carbonyl (C=O) groups excluding carboxylic acids is 2. The predicted molar refractivity (Wildman–Crippen MR) is 100 cm³/mol. The van der Waals surface area contributed by atoms with E-state index in [-0.39, 0.29) is 11.7 Å². The van der Waals surface area contributed by atoms with E-state index in [1.54, 1.807) is 24.1 Å². The Bertz CT molecular complexity index is 884. The van der Waals surface area contributed by atoms with E-state index in [2.05, 4.69) is 5.32 Å². The first-order chi connectivity index (χ1) is 13.0. The van der Waals surface area contributed by atoms with Crippen molar-refractivity contribution >= 4 is 11.8 Å². The van der Waals surface area contributed by atoms with Crippen LogP contribution in [0.2, 0.25) is 0 Å². The van der Waals surface area contributed by atoms with Crippen LogP contribution >= 0.6 is 0 Å². The number of hydrogen-bond donors (Lipinski definition) is 1. The molecule has 0 fully saturated rings. The molecule has 6 nitrogen and oxygen atoms in total. The summed E-state index contributed by atoms with van der Waals surface area (Å²) < 4.78 is 10.7. The summed E-state index contributed by atoms with van der Waals surface area (Å²) in [5.41, 5.74) is 0.956. The molecule has 0 spiro atoms. The summed E-state index contributed by atoms with van der Waals surface area (Å²) in [5, 5.41) is 2.79. The van der Waals surface area contributed by atoms with Crippen LogP contribution in [0.3, 0.4) is 0 Å². The Balaban J connectivity index is 1.74. The summed E-state index contributed by atoms with van der Waals surface area (Å²) in [6, 6.07) is 15.7. The first-order valence-electron chi connectivity index (χ1n) is 8.71. The van der Waals surface area contributed by atoms with Crippen LogP contribution in [-0.2, 0) is 17.8 Å². The zero-order valence-corrected chi connectivity index (χ0v) is 15.3. The van der Waals surface area contributed by atoms with Crippen molar-refractivity contribution in [2.45, 2.75) is 25.9 Å². The Morgan fingerprint density at radius 2 is 1.85 bits per heavy atom. The number of nitrogens with one attached hydrogen (secondary N) is 1. The van der Waals surface area contributed by atoms with Crippen molar-refractivity contribution in [3.05, 3.63) is 83.7 Å². The van der Waals surface area contributed by atoms with Crippen molar-refractivity contribution in [2.24, 2.45) is 0 Å². The molecule has 1 aromatic carbocycles. The summed E-state index contributed by atoms with van der Waals surface area (Å²) in [6.45, 7) is 2.18. The van der Waals surface area contributed by atoms with Crippen LogP contribution in [0, 0.1) is 6.92 Å². The zero-order valence-electron chi connectivity index (χ0n) is 15.3. The monoisotopic (exact) mass is 366 g/mol. The second kappa shape index (κ2) is 8.40. The third-order valence-electron chi connectivity index (χ3n) is 4.20. The highest BCUT2D eigenvalue weighted by atomic mass is 16.3. The highest BCUT2D eigenvalue weighted by Crippen LogP contribution is 2.12. The fraction of sp³-hybridized carbons (Fsp3) is 0.238. The van der Waals surface area contributed by atoms with Gasteiger partial charge in [0.15, 0.2) is 5.76 Å². The standard InChI is InChI=1S/C21H22N2O4/c1-15-10-11-17(27-15)14-23(2)21(25)18(13-16-7-4-3-5-8-16)22-20(24)19-9-6-12-26-19/h3-12,18H,13-14H2,1-2H3,(H,22,24). The Kier molecular flexibility index (Phi) is 5.76. The second-order valence-corrected chi connectivity index (χ2v) is 6.40. The van der Waals surface area contributed by atoms with E-state index in [0.717, 1.165) is 11.3 Å². The molecule has 2 amide bonds. The van der Waals surface area contributed by atoms with E-state index in [4.69, 9.17) is 8.83 Å². The zero-order chi connectivity index (χ0) is 19.2. The summed E-state index contributed by atoms with van der Waals surface area (Å²) in [7, 11) is 1.69. The second-order valence-electron chi connectivity index (χ2n) is 6.40. The van der Waals surface area contributed by atoms with E-state index in [1.807, 2.05) is 49.4 Å². The van der Waals surface area contributed by atoms with Crippen molar-refractivity contribution in [2.75, 3.05) is 7.05 Å². The molecule has 0 aliphatic rings. The highest BCUT2D eigenvalue weighted by molar-refractivity contribution is 5.95. The molecule has 0 aliphatic heterocycles. The number of benzene rings is 1. The maximum atomic E-state index is 13.0. The lowest BCUT2D eigenvalue weighted by atomic mass is 10.0. The number of nitrogens with zero attached hydrogens (tertiary/aromatic N) is 1. The normalized spacial score (nSPS) is 11.8. The quantitative estimate of drug-likeness (QED) is 0.697. The third-order valence-corrected chi connectivity index (χ3v) is 4.20. The molecule has 1 unspecified atom stereocenters. The largest absolute Gasteiger partial charge is 0.464 e. The van der Waals surface area contributed by atoms with E-state index in [0.29, 0.717) is 18.7 Å². The van der Waals surface area contributed by atoms with E-state index in [9.17, 15) is 9.59 Å². The van der Waals surface area contributed by atoms with Gasteiger partial charge in [-0.2, -0.15) is 0 Å². The maximum absolute atomic E-state index is 13.0. The number of carbonyl (C=O) groups is 2. The average Bonchev–Trinajstić information content (AvgIpc) is 3.33. The summed E-state index contributed by atoms with van der Waals surface area (Å²) in [4.78, 5) is 27.0. The highest BCUT2D eigenvalue weighted by Gasteiger charge is 2.26. The number of likely N-dealkylation sites (N-methyl/N-ethyl adjacent to an activating group) is 1. The Labute approximate surface area is 157 Å². The molecule has 3 aromatic rings. The van der Waals surface area contributed by atoms with Crippen molar-refractivity contribution in [1.82, 2.24) is 10.2 Å². The van der Waals surface area contributed by atoms with Gasteiger partial charge in [0.2, 0.25) is 5.91 Å². The van der Waals surface area contributed by atoms with Crippen LogP contribution in [0.4, 0.5) is 0 Å². The predicted octanol–water partition coefficient (Wildman–Crippen LogP) is 3.18. The lowest BCUT2D eigenvalue weighted by Crippen LogP contribution is -2.48. The SMILES string of the molecule is Cc1ccc(CN(C)C(=O)C(Cc2ccccc2)NC(=O)c2ccco2)o1. The number of rotatable bonds is 7. The van der Waals surface area contributed by atoms with Crippen molar-refractivity contribution in [1.29, 1.82) is 0 Å². The minimum Gasteiger partial charge on any atom is -0.464 e. The Hall–Kier alpha value is -3.28. The molecule has 27 heavy (non-hydrogen) atoms. The number of amides is 2. The summed E-state index contributed by atoms with van der Waals surface area (Å²) in [5.74, 6) is 1.03. The molecule has 6 heteroatoms. The van der Waals surface area contributed by atoms with Gasteiger partial charge in [-0.05, 0) is 36.8 Å². The van der Waals surface area contributed by atoms with Crippen LogP contribution in [0.1, 0.15) is 27.6 Å². The molecule has 3 rings (SSSR count). The molecule has 0 aliphatic carbocycles. The molecule has 1 atom stereocenters. The number of furan rings is 2. The van der Waals surface area contributed by atoms with E-state index < -0.39 is 11.9 Å². The lowest BCUT2D eigenvalue weighted by molar-refractivity contribution is -0.132. The van der Waals surface area contributed by atoms with Gasteiger partial charge in [-0.15, -0.1) is 0 Å². The van der Waals surface area contributed by atoms with Crippen LogP contribution in [-0.4, -0.2) is 29.8 Å². The van der Waals surface area contributed by atoms with E-state index >= 15 is 0 Å². The first-order valence-corrected chi connectivity index (χ1v) is 8.71. The van der Waals surface area contributed by atoms with E-state index in [1.165, 1.54) is 6.26 Å². The minimum atomic E-state index is -0.717. The topological polar surface area (TPSA) is 75.7 Å². The van der Waals surface area contributed by atoms with Crippen LogP contribution in [0.5, 0.6) is 0 Å². The molecular weight excluding hydrogens is 344 g/mol. The third kappa shape index (κ3) is 4.88. The first kappa shape index (κ1) is 18.5. The van der Waals surface area contributed by atoms with Gasteiger partial charge < -0.3 is 19.1 Å². The molecule has 0 radical (unpaired) electrons. The van der Waals surface area contributed by atoms with Gasteiger partial charge in [0.25, 0.3) is 5.91 Å². The van der Waals surface area contributed by atoms with Gasteiger partial charge in [0.1, 0.15) is 17.6 Å². The minimum absolute atomic E-state index is 0.171. The fourth-order valence-corrected chi connectivity index (χ4v) is 2.83. The van der Waals surface area contributed by atoms with Crippen molar-refractivity contribution in [3.63, 3.8) is 0 Å². The molecule has 2 aromatic heterocycles. The van der Waals surface area contributed by atoms with Crippen molar-refractivity contribution in [3.8, 4) is 0 Å². The molecular formula is C21H22N2O4. The Morgan fingerprint density at radius 1 is 1.07 bits per heavy atom. The smallest absolute Gasteiger partial charge is 0.287 e. The lowest BCUT2D eigenvalue weighted by Gasteiger charge is -2.24. The van der Waals surface area contributed by atoms with Gasteiger partial charge in [-0.1, -0.05) is 30.3 Å².